The van der Waals surface area contributed by atoms with Crippen LogP contribution in [0.3, 0.4) is 0 Å². The summed E-state index contributed by atoms with van der Waals surface area (Å²) in [6.07, 6.45) is 7.05. The van der Waals surface area contributed by atoms with Crippen LogP contribution in [0, 0.1) is 5.92 Å². The molecular formula is C37H42N4O8. The number of amides is 3. The topological polar surface area (TPSA) is 156 Å². The van der Waals surface area contributed by atoms with Crippen molar-refractivity contribution < 1.29 is 38.5 Å². The van der Waals surface area contributed by atoms with Gasteiger partial charge in [-0.15, -0.1) is 0 Å². The summed E-state index contributed by atoms with van der Waals surface area (Å²) < 4.78 is 17.4. The lowest BCUT2D eigenvalue weighted by atomic mass is 10.1. The second kappa shape index (κ2) is 14.6. The zero-order chi connectivity index (χ0) is 34.5. The Morgan fingerprint density at radius 2 is 1.90 bits per heavy atom. The normalized spacial score (nSPS) is 25.8. The molecule has 5 atom stereocenters. The van der Waals surface area contributed by atoms with Crippen LogP contribution < -0.4 is 20.1 Å². The number of hydrogen-bond donors (Lipinski definition) is 3. The van der Waals surface area contributed by atoms with E-state index in [0.717, 1.165) is 30.2 Å². The van der Waals surface area contributed by atoms with Gasteiger partial charge < -0.3 is 34.9 Å². The standard InChI is InChI=1S/C37H42N4O8/c1-3-48-35(45)37-21-24(37)14-10-5-4-6-11-15-28(34(43)44)39-36(46)41-22-26(19-31(41)33(42)40-37)49-32-20-29(23-12-8-7-9-13-23)38-30-18-25(47-2)16-17-27(30)32/h7-10,12-14,16-18,20,24,26,28,31H,3-6,11,15,19,21-22H2,1-2H3,(H,39,46)(H,40,42)(H,43,44). The number of hydrogen-bond acceptors (Lipinski definition) is 8. The van der Waals surface area contributed by atoms with Crippen molar-refractivity contribution in [2.24, 2.45) is 5.92 Å². The van der Waals surface area contributed by atoms with Crippen molar-refractivity contribution in [3.05, 3.63) is 66.7 Å². The molecule has 2 aromatic carbocycles. The van der Waals surface area contributed by atoms with Crippen LogP contribution >= 0.6 is 0 Å². The van der Waals surface area contributed by atoms with Gasteiger partial charge in [-0.3, -0.25) is 4.79 Å². The number of carboxylic acid groups (broad SMARTS) is 1. The molecule has 49 heavy (non-hydrogen) atoms. The third-order valence-electron chi connectivity index (χ3n) is 9.50. The van der Waals surface area contributed by atoms with Gasteiger partial charge in [-0.25, -0.2) is 19.4 Å². The average molecular weight is 671 g/mol. The summed E-state index contributed by atoms with van der Waals surface area (Å²) in [6, 6.07) is 14.1. The number of nitrogens with zero attached hydrogens (tertiary/aromatic N) is 2. The van der Waals surface area contributed by atoms with Crippen molar-refractivity contribution in [3.8, 4) is 22.8 Å². The minimum atomic E-state index is -1.23. The van der Waals surface area contributed by atoms with Crippen LogP contribution in [0.1, 0.15) is 51.9 Å². The van der Waals surface area contributed by atoms with Crippen LogP contribution in [-0.2, 0) is 19.1 Å². The van der Waals surface area contributed by atoms with Gasteiger partial charge in [-0.05, 0) is 44.7 Å². The van der Waals surface area contributed by atoms with Crippen LogP contribution in [-0.4, -0.2) is 82.9 Å². The minimum Gasteiger partial charge on any atom is -0.497 e. The van der Waals surface area contributed by atoms with E-state index in [-0.39, 0.29) is 31.9 Å². The molecule has 3 aliphatic rings. The number of ether oxygens (including phenoxy) is 3. The molecule has 0 bridgehead atoms. The van der Waals surface area contributed by atoms with Crippen LogP contribution in [0.25, 0.3) is 22.2 Å². The highest BCUT2D eigenvalue weighted by atomic mass is 16.5. The highest BCUT2D eigenvalue weighted by Crippen LogP contribution is 2.46. The third kappa shape index (κ3) is 7.33. The highest BCUT2D eigenvalue weighted by Gasteiger charge is 2.62. The number of fused-ring (bicyclic) bond motifs is 3. The minimum absolute atomic E-state index is 0.00659. The fourth-order valence-corrected chi connectivity index (χ4v) is 6.74. The second-order valence-corrected chi connectivity index (χ2v) is 12.8. The quantitative estimate of drug-likeness (QED) is 0.236. The molecular weight excluding hydrogens is 628 g/mol. The zero-order valence-electron chi connectivity index (χ0n) is 27.7. The molecule has 6 rings (SSSR count). The fourth-order valence-electron chi connectivity index (χ4n) is 6.74. The van der Waals surface area contributed by atoms with E-state index in [1.807, 2.05) is 66.7 Å². The SMILES string of the molecule is CCOC(=O)C12CC1C=CCCCCCC(C(=O)O)NC(=O)N1CC(Oc3cc(-c4ccccc4)nc4cc(OC)ccc34)CC1C(=O)N2. The number of methoxy groups -OCH3 is 1. The van der Waals surface area contributed by atoms with E-state index in [2.05, 4.69) is 10.6 Å². The first-order chi connectivity index (χ1) is 23.7. The van der Waals surface area contributed by atoms with Crippen LogP contribution in [0.4, 0.5) is 4.79 Å². The summed E-state index contributed by atoms with van der Waals surface area (Å²) in [5, 5.41) is 16.2. The van der Waals surface area contributed by atoms with Gasteiger partial charge in [0.2, 0.25) is 5.91 Å². The number of allylic oxidation sites excluding steroid dienone is 1. The number of aromatic nitrogens is 1. The number of benzene rings is 2. The smallest absolute Gasteiger partial charge is 0.332 e. The fraction of sp³-hybridized carbons (Fsp3) is 0.432. The molecule has 0 spiro atoms. The second-order valence-electron chi connectivity index (χ2n) is 12.8. The summed E-state index contributed by atoms with van der Waals surface area (Å²) in [6.45, 7) is 1.88. The Hall–Kier alpha value is -5.13. The van der Waals surface area contributed by atoms with Gasteiger partial charge in [0, 0.05) is 35.4 Å². The molecule has 3 amide bonds. The van der Waals surface area contributed by atoms with E-state index in [0.29, 0.717) is 35.6 Å². The maximum absolute atomic E-state index is 14.1. The number of rotatable bonds is 7. The Labute approximate surface area is 284 Å². The van der Waals surface area contributed by atoms with E-state index in [1.165, 1.54) is 4.90 Å². The summed E-state index contributed by atoms with van der Waals surface area (Å²) in [5.74, 6) is -1.28. The van der Waals surface area contributed by atoms with E-state index in [9.17, 15) is 24.3 Å². The number of carbonyl (C=O) groups excluding carboxylic acids is 3. The summed E-state index contributed by atoms with van der Waals surface area (Å²) in [7, 11) is 1.58. The van der Waals surface area contributed by atoms with Crippen molar-refractivity contribution in [3.63, 3.8) is 0 Å². The van der Waals surface area contributed by atoms with Crippen molar-refractivity contribution >= 4 is 34.8 Å². The Balaban J connectivity index is 1.33. The monoisotopic (exact) mass is 670 g/mol. The molecule has 12 heteroatoms. The third-order valence-corrected chi connectivity index (χ3v) is 9.50. The summed E-state index contributed by atoms with van der Waals surface area (Å²) in [4.78, 5) is 59.3. The van der Waals surface area contributed by atoms with Gasteiger partial charge >= 0.3 is 18.0 Å². The predicted octanol–water partition coefficient (Wildman–Crippen LogP) is 4.85. The van der Waals surface area contributed by atoms with Gasteiger partial charge in [-0.2, -0.15) is 0 Å². The summed E-state index contributed by atoms with van der Waals surface area (Å²) in [5.41, 5.74) is 0.964. The number of pyridine rings is 1. The molecule has 3 N–H and O–H groups in total. The molecule has 3 heterocycles. The maximum atomic E-state index is 14.1. The molecule has 1 aromatic heterocycles. The molecule has 3 aromatic rings. The van der Waals surface area contributed by atoms with Gasteiger partial charge in [0.15, 0.2) is 0 Å². The first-order valence-electron chi connectivity index (χ1n) is 16.9. The van der Waals surface area contributed by atoms with Crippen LogP contribution in [0.5, 0.6) is 11.5 Å². The number of esters is 1. The lowest BCUT2D eigenvalue weighted by Gasteiger charge is -2.27. The Morgan fingerprint density at radius 1 is 1.08 bits per heavy atom. The molecule has 2 aliphatic heterocycles. The largest absolute Gasteiger partial charge is 0.497 e. The van der Waals surface area contributed by atoms with E-state index < -0.39 is 47.6 Å². The number of carboxylic acids is 1. The van der Waals surface area contributed by atoms with E-state index >= 15 is 0 Å². The lowest BCUT2D eigenvalue weighted by molar-refractivity contribution is -0.149. The van der Waals surface area contributed by atoms with Gasteiger partial charge in [0.05, 0.1) is 31.5 Å². The molecule has 1 saturated heterocycles. The molecule has 12 nitrogen and oxygen atoms in total. The average Bonchev–Trinajstić information content (AvgIpc) is 3.63. The summed E-state index contributed by atoms with van der Waals surface area (Å²) >= 11 is 0. The number of nitrogens with one attached hydrogen (secondary N) is 2. The van der Waals surface area contributed by atoms with Crippen molar-refractivity contribution in [2.75, 3.05) is 20.3 Å². The van der Waals surface area contributed by atoms with Crippen LogP contribution in [0.2, 0.25) is 0 Å². The van der Waals surface area contributed by atoms with Crippen LogP contribution in [0.15, 0.2) is 66.7 Å². The number of aliphatic carboxylic acids is 1. The molecule has 2 fully saturated rings. The van der Waals surface area contributed by atoms with Crippen molar-refractivity contribution in [2.45, 2.75) is 75.6 Å². The van der Waals surface area contributed by atoms with Crippen molar-refractivity contribution in [1.29, 1.82) is 0 Å². The maximum Gasteiger partial charge on any atom is 0.332 e. The Bertz CT molecular complexity index is 1750. The Kier molecular flexibility index (Phi) is 10.0. The molecule has 258 valence electrons. The first-order valence-corrected chi connectivity index (χ1v) is 16.9. The van der Waals surface area contributed by atoms with E-state index in [4.69, 9.17) is 19.2 Å². The highest BCUT2D eigenvalue weighted by molar-refractivity contribution is 5.96. The molecule has 1 aliphatic carbocycles. The molecule has 0 radical (unpaired) electrons. The van der Waals surface area contributed by atoms with Gasteiger partial charge in [0.25, 0.3) is 0 Å². The number of carbonyl (C=O) groups is 4. The number of urea groups is 1. The zero-order valence-corrected chi connectivity index (χ0v) is 27.7. The van der Waals surface area contributed by atoms with Crippen molar-refractivity contribution in [1.82, 2.24) is 20.5 Å². The molecule has 1 saturated carbocycles. The lowest BCUT2D eigenvalue weighted by Crippen LogP contribution is -2.56. The first kappa shape index (κ1) is 33.8. The Morgan fingerprint density at radius 3 is 2.65 bits per heavy atom. The van der Waals surface area contributed by atoms with E-state index in [1.54, 1.807) is 14.0 Å². The molecule has 5 unspecified atom stereocenters. The predicted molar refractivity (Wildman–Crippen MR) is 181 cm³/mol. The van der Waals surface area contributed by atoms with Gasteiger partial charge in [-0.1, -0.05) is 55.3 Å². The van der Waals surface area contributed by atoms with Gasteiger partial charge in [0.1, 0.15) is 35.2 Å².